The number of nitrogens with one attached hydrogen (secondary N) is 2. The van der Waals surface area contributed by atoms with Crippen LogP contribution in [0.3, 0.4) is 0 Å². The van der Waals surface area contributed by atoms with Crippen LogP contribution in [0.4, 0.5) is 0 Å². The van der Waals surface area contributed by atoms with Crippen molar-refractivity contribution in [3.05, 3.63) is 0 Å². The summed E-state index contributed by atoms with van der Waals surface area (Å²) in [6, 6.07) is 0. The molecule has 0 aromatic carbocycles. The van der Waals surface area contributed by atoms with E-state index in [4.69, 9.17) is 20.9 Å². The molecule has 2 amide bonds. The van der Waals surface area contributed by atoms with E-state index in [0.717, 1.165) is 155 Å². The summed E-state index contributed by atoms with van der Waals surface area (Å²) in [5.41, 5.74) is 0. The number of aliphatic hydroxyl groups is 1. The fourth-order valence-electron chi connectivity index (χ4n) is 11.4. The number of carbonyl (C=O) groups is 2. The fraction of sp³-hybridized carbons (Fsp3) is 0.967. The number of rotatable bonds is 65. The van der Waals surface area contributed by atoms with Crippen LogP contribution < -0.4 is 10.6 Å². The minimum Gasteiger partial charge on any atom is -0.437 e. The van der Waals surface area contributed by atoms with Crippen molar-refractivity contribution in [3.8, 4) is 0 Å². The molecule has 516 valence electrons. The van der Waals surface area contributed by atoms with Crippen LogP contribution in [-0.4, -0.2) is 239 Å². The van der Waals surface area contributed by atoms with E-state index in [9.17, 15) is 39.7 Å². The van der Waals surface area contributed by atoms with Crippen LogP contribution >= 0.6 is 0 Å². The number of nitrogens with zero attached hydrogens (tertiary/aromatic N) is 6. The summed E-state index contributed by atoms with van der Waals surface area (Å²) in [6.45, 7) is 19.3. The molecular weight excluding hydrogens is 1120 g/mol. The number of unbranched alkanes of at least 4 members (excludes halogenated alkanes) is 25. The Morgan fingerprint density at radius 1 is 0.364 bits per heavy atom. The average molecular weight is 1250 g/mol. The minimum atomic E-state index is -0.622. The van der Waals surface area contributed by atoms with Gasteiger partial charge in [0.15, 0.2) is 0 Å². The molecule has 12 N–H and O–H groups in total. The lowest BCUT2D eigenvalue weighted by Gasteiger charge is -2.33. The van der Waals surface area contributed by atoms with E-state index in [1.54, 1.807) is 27.3 Å². The van der Waals surface area contributed by atoms with Gasteiger partial charge in [0.25, 0.3) is 0 Å². The zero-order valence-electron chi connectivity index (χ0n) is 57.6. The van der Waals surface area contributed by atoms with Crippen LogP contribution in [0.5, 0.6) is 0 Å². The number of aliphatic hydroxyl groups excluding tert-OH is 1. The van der Waals surface area contributed by atoms with E-state index in [-0.39, 0.29) is 24.3 Å². The van der Waals surface area contributed by atoms with Gasteiger partial charge in [0.2, 0.25) is 11.8 Å². The van der Waals surface area contributed by atoms with Crippen LogP contribution in [0.2, 0.25) is 40.9 Å². The molecule has 0 aromatic heterocycles. The third-order valence-electron chi connectivity index (χ3n) is 17.6. The first-order valence-corrected chi connectivity index (χ1v) is 35.4. The highest BCUT2D eigenvalue weighted by atomic mass is 17.1. The SMILES string of the molecule is CB(O)N(C)CCCN(CCCCN(CC(CCCCCCNC(=O)CCCCCCCCCCCCCCCCCCCCCCCNC(=O)CCC[C@@H](CO)OO)CN(CCCCN(CCCN(C)B(C)O)B(C)O)B(C)O)B(C)O)B(C)O.OO. The van der Waals surface area contributed by atoms with E-state index in [1.165, 1.54) is 109 Å². The molecule has 27 heteroatoms. The molecule has 0 saturated heterocycles. The molecule has 88 heavy (non-hydrogen) atoms. The number of hydrogen-bond donors (Lipinski definition) is 12. The van der Waals surface area contributed by atoms with Gasteiger partial charge in [-0.25, -0.2) is 4.89 Å². The van der Waals surface area contributed by atoms with Crippen molar-refractivity contribution in [3.63, 3.8) is 0 Å². The van der Waals surface area contributed by atoms with Gasteiger partial charge in [-0.3, -0.25) is 25.4 Å². The van der Waals surface area contributed by atoms with E-state index in [2.05, 4.69) is 34.8 Å². The molecule has 0 unspecified atom stereocenters. The molecule has 0 aromatic rings. The molecule has 0 heterocycles. The van der Waals surface area contributed by atoms with Crippen LogP contribution in [0.25, 0.3) is 0 Å². The summed E-state index contributed by atoms with van der Waals surface area (Å²) in [5, 5.41) is 98.5. The third kappa shape index (κ3) is 55.1. The highest BCUT2D eigenvalue weighted by molar-refractivity contribution is 6.46. The second-order valence-corrected chi connectivity index (χ2v) is 25.7. The van der Waals surface area contributed by atoms with E-state index in [1.807, 2.05) is 37.4 Å². The molecule has 21 nitrogen and oxygen atoms in total. The maximum absolute atomic E-state index is 12.7. The number of carbonyl (C=O) groups excluding carboxylic acids is 2. The predicted molar refractivity (Wildman–Crippen MR) is 370 cm³/mol. The van der Waals surface area contributed by atoms with Gasteiger partial charge in [-0.05, 0) is 203 Å². The molecule has 0 radical (unpaired) electrons. The predicted octanol–water partition coefficient (Wildman–Crippen LogP) is 8.48. The summed E-state index contributed by atoms with van der Waals surface area (Å²) in [6.07, 6.45) is 38.4. The Kier molecular flexibility index (Phi) is 63.6. The van der Waals surface area contributed by atoms with Gasteiger partial charge in [0, 0.05) is 25.9 Å². The molecule has 0 saturated carbocycles. The van der Waals surface area contributed by atoms with Gasteiger partial charge in [0.05, 0.1) is 6.61 Å². The first kappa shape index (κ1) is 88.7. The van der Waals surface area contributed by atoms with Crippen LogP contribution in [0, 0.1) is 5.92 Å². The third-order valence-corrected chi connectivity index (χ3v) is 17.6. The van der Waals surface area contributed by atoms with Crippen molar-refractivity contribution in [1.82, 2.24) is 39.5 Å². The molecule has 0 rings (SSSR count). The maximum atomic E-state index is 12.7. The monoisotopic (exact) mass is 1260 g/mol. The smallest absolute Gasteiger partial charge is 0.376 e. The molecule has 0 bridgehead atoms. The van der Waals surface area contributed by atoms with Gasteiger partial charge in [0.1, 0.15) is 6.10 Å². The fourth-order valence-corrected chi connectivity index (χ4v) is 11.4. The van der Waals surface area contributed by atoms with Crippen molar-refractivity contribution in [2.75, 3.05) is 99.2 Å². The largest absolute Gasteiger partial charge is 0.437 e. The molecule has 0 fully saturated rings. The van der Waals surface area contributed by atoms with Crippen molar-refractivity contribution in [2.45, 2.75) is 278 Å². The lowest BCUT2D eigenvalue weighted by Crippen LogP contribution is -2.47. The summed E-state index contributed by atoms with van der Waals surface area (Å²) >= 11 is 0. The Morgan fingerprint density at radius 2 is 0.648 bits per heavy atom. The molecule has 0 aliphatic rings. The van der Waals surface area contributed by atoms with E-state index < -0.39 is 48.4 Å². The Balaban J connectivity index is 0. The Morgan fingerprint density at radius 3 is 0.955 bits per heavy atom. The van der Waals surface area contributed by atoms with Gasteiger partial charge in [-0.15, -0.1) is 0 Å². The second-order valence-electron chi connectivity index (χ2n) is 25.7. The number of amides is 2. The van der Waals surface area contributed by atoms with Crippen LogP contribution in [-0.2, 0) is 14.5 Å². The normalized spacial score (nSPS) is 12.1. The Labute approximate surface area is 540 Å². The highest BCUT2D eigenvalue weighted by Gasteiger charge is 2.26. The maximum Gasteiger partial charge on any atom is 0.376 e. The summed E-state index contributed by atoms with van der Waals surface area (Å²) in [7, 11) is 0.414. The van der Waals surface area contributed by atoms with Crippen molar-refractivity contribution >= 4 is 54.1 Å². The minimum absolute atomic E-state index is 0.0236. The quantitative estimate of drug-likeness (QED) is 0.0118. The van der Waals surface area contributed by atoms with Gasteiger partial charge in [-0.2, -0.15) is 0 Å². The summed E-state index contributed by atoms with van der Waals surface area (Å²) in [5.74, 6) is 0.415. The Hall–Kier alpha value is -1.35. The lowest BCUT2D eigenvalue weighted by atomic mass is 9.80. The summed E-state index contributed by atoms with van der Waals surface area (Å²) in [4.78, 5) is 41.0. The van der Waals surface area contributed by atoms with Crippen LogP contribution in [0.1, 0.15) is 231 Å². The standard InChI is InChI=1S/C61H134B6N8O11.H2O2/c1-62(79)70(7)47-39-53-72(64(3)81)49-34-36-51-74(66(5)83)55-58(56-75(67(6)84)52-37-35-50-73(65(4)82)54-40-48-71(8)63(2)80)41-30-27-29-33-46-68-60(77)43-31-26-24-22-20-18-16-14-12-10-9-11-13-15-17-19-21-23-25-28-32-45-69-61(78)44-38-42-59(57-76)86-85;1-2/h58-59,76,79-85H,9-57H2,1-8H3,(H,68,77)(H,69,78);1-2H/t59-;/m0./s1. The molecular formula is C61H136B6N8O13. The van der Waals surface area contributed by atoms with Crippen molar-refractivity contribution in [2.24, 2.45) is 5.92 Å². The van der Waals surface area contributed by atoms with Gasteiger partial charge >= 0.3 is 42.3 Å². The van der Waals surface area contributed by atoms with E-state index in [0.29, 0.717) is 45.3 Å². The zero-order valence-corrected chi connectivity index (χ0v) is 57.6. The lowest BCUT2D eigenvalue weighted by molar-refractivity contribution is -0.286. The molecule has 0 spiro atoms. The molecule has 1 atom stereocenters. The van der Waals surface area contributed by atoms with Gasteiger partial charge < -0.3 is 74.7 Å². The van der Waals surface area contributed by atoms with Gasteiger partial charge in [-0.1, -0.05) is 141 Å². The molecule has 0 aliphatic heterocycles. The van der Waals surface area contributed by atoms with Crippen molar-refractivity contribution < 1.29 is 65.5 Å². The molecule has 0 aliphatic carbocycles. The zero-order chi connectivity index (χ0) is 66.0. The number of hydrogen-bond acceptors (Lipinski definition) is 19. The topological polar surface area (TPSA) is 289 Å². The van der Waals surface area contributed by atoms with Crippen molar-refractivity contribution in [1.29, 1.82) is 0 Å². The first-order chi connectivity index (χ1) is 42.3. The average Bonchev–Trinajstić information content (AvgIpc) is 3.58. The van der Waals surface area contributed by atoms with E-state index >= 15 is 0 Å². The Bertz CT molecular complexity index is 1470. The highest BCUT2D eigenvalue weighted by Crippen LogP contribution is 2.19. The first-order valence-electron chi connectivity index (χ1n) is 35.4. The summed E-state index contributed by atoms with van der Waals surface area (Å²) < 4.78 is 0. The van der Waals surface area contributed by atoms with Crippen LogP contribution in [0.15, 0.2) is 0 Å². The second kappa shape index (κ2) is 63.1.